The number of aromatic nitrogens is 1. The zero-order valence-corrected chi connectivity index (χ0v) is 14.9. The van der Waals surface area contributed by atoms with E-state index in [9.17, 15) is 14.9 Å². The van der Waals surface area contributed by atoms with Gasteiger partial charge in [0, 0.05) is 17.0 Å². The second-order valence-electron chi connectivity index (χ2n) is 5.89. The van der Waals surface area contributed by atoms with Crippen molar-refractivity contribution in [3.63, 3.8) is 0 Å². The molecular formula is C21H13N3O2S. The molecule has 130 valence electrons. The van der Waals surface area contributed by atoms with Crippen LogP contribution in [-0.2, 0) is 0 Å². The molecule has 4 aromatic rings. The number of hydrogen-bond acceptors (Lipinski definition) is 5. The van der Waals surface area contributed by atoms with Gasteiger partial charge in [-0.2, -0.15) is 5.26 Å². The number of benzene rings is 2. The third kappa shape index (κ3) is 2.71. The van der Waals surface area contributed by atoms with Crippen molar-refractivity contribution in [1.29, 1.82) is 5.26 Å². The molecule has 0 aliphatic carbocycles. The summed E-state index contributed by atoms with van der Waals surface area (Å²) in [6, 6.07) is 20.9. The first kappa shape index (κ1) is 16.8. The van der Waals surface area contributed by atoms with Crippen LogP contribution in [0.25, 0.3) is 15.9 Å². The number of nitriles is 1. The number of ketones is 1. The Morgan fingerprint density at radius 3 is 2.44 bits per heavy atom. The summed E-state index contributed by atoms with van der Waals surface area (Å²) in [5, 5.41) is 10.2. The molecule has 0 unspecified atom stereocenters. The highest BCUT2D eigenvalue weighted by Crippen LogP contribution is 2.35. The lowest BCUT2D eigenvalue weighted by Gasteiger charge is -2.07. The zero-order valence-electron chi connectivity index (χ0n) is 14.0. The molecule has 0 spiro atoms. The molecule has 27 heavy (non-hydrogen) atoms. The number of nitrogen functional groups attached to an aromatic ring is 1. The molecule has 0 fully saturated rings. The highest BCUT2D eigenvalue weighted by molar-refractivity contribution is 7.22. The Hall–Kier alpha value is -3.69. The van der Waals surface area contributed by atoms with Crippen molar-refractivity contribution in [3.8, 4) is 11.8 Å². The Bertz CT molecular complexity index is 1280. The number of carbonyl (C=O) groups excluding carboxylic acids is 1. The average molecular weight is 371 g/mol. The summed E-state index contributed by atoms with van der Waals surface area (Å²) in [5.41, 5.74) is 7.58. The van der Waals surface area contributed by atoms with E-state index >= 15 is 0 Å². The lowest BCUT2D eigenvalue weighted by molar-refractivity contribution is 0.104. The fourth-order valence-corrected chi connectivity index (χ4v) is 4.15. The molecule has 6 heteroatoms. The Labute approximate surface area is 158 Å². The van der Waals surface area contributed by atoms with E-state index in [1.165, 1.54) is 17.4 Å². The summed E-state index contributed by atoms with van der Waals surface area (Å²) >= 11 is 1.19. The number of thiophene rings is 1. The van der Waals surface area contributed by atoms with E-state index in [4.69, 9.17) is 5.73 Å². The topological polar surface area (TPSA) is 88.9 Å². The molecule has 2 aromatic carbocycles. The zero-order chi connectivity index (χ0) is 19.0. The highest BCUT2D eigenvalue weighted by atomic mass is 32.1. The minimum atomic E-state index is -0.325. The molecule has 2 N–H and O–H groups in total. The van der Waals surface area contributed by atoms with Gasteiger partial charge in [-0.05, 0) is 30.3 Å². The van der Waals surface area contributed by atoms with Crippen LogP contribution in [0.5, 0.6) is 0 Å². The fraction of sp³-hybridized carbons (Fsp3) is 0. The number of rotatable bonds is 3. The molecule has 4 rings (SSSR count). The molecule has 0 radical (unpaired) electrons. The first-order chi connectivity index (χ1) is 13.1. The summed E-state index contributed by atoms with van der Waals surface area (Å²) in [7, 11) is 0. The van der Waals surface area contributed by atoms with Crippen LogP contribution in [-0.4, -0.2) is 10.4 Å². The molecule has 5 nitrogen and oxygen atoms in total. The second kappa shape index (κ2) is 6.56. The van der Waals surface area contributed by atoms with Crippen LogP contribution in [0.2, 0.25) is 0 Å². The van der Waals surface area contributed by atoms with E-state index in [2.05, 4.69) is 0 Å². The van der Waals surface area contributed by atoms with E-state index in [1.807, 2.05) is 36.4 Å². The van der Waals surface area contributed by atoms with Gasteiger partial charge >= 0.3 is 0 Å². The van der Waals surface area contributed by atoms with Crippen LogP contribution in [0.15, 0.2) is 71.5 Å². The second-order valence-corrected chi connectivity index (χ2v) is 6.92. The molecule has 0 saturated heterocycles. The van der Waals surface area contributed by atoms with E-state index in [1.54, 1.807) is 34.9 Å². The molecule has 0 bridgehead atoms. The minimum absolute atomic E-state index is 0.202. The van der Waals surface area contributed by atoms with Crippen LogP contribution < -0.4 is 11.3 Å². The maximum Gasteiger partial charge on any atom is 0.256 e. The van der Waals surface area contributed by atoms with Gasteiger partial charge in [0.15, 0.2) is 5.78 Å². The van der Waals surface area contributed by atoms with Gasteiger partial charge in [0.25, 0.3) is 5.56 Å². The van der Waals surface area contributed by atoms with Gasteiger partial charge in [0.1, 0.15) is 4.83 Å². The van der Waals surface area contributed by atoms with E-state index in [-0.39, 0.29) is 16.9 Å². The first-order valence-electron chi connectivity index (χ1n) is 8.15. The third-order valence-electron chi connectivity index (χ3n) is 4.30. The number of hydrogen-bond donors (Lipinski definition) is 1. The van der Waals surface area contributed by atoms with Gasteiger partial charge in [-0.25, -0.2) is 0 Å². The molecule has 0 aliphatic rings. The number of carbonyl (C=O) groups is 1. The van der Waals surface area contributed by atoms with Gasteiger partial charge in [-0.15, -0.1) is 0 Å². The number of fused-ring (bicyclic) bond motifs is 1. The van der Waals surface area contributed by atoms with Gasteiger partial charge in [-0.3, -0.25) is 14.2 Å². The fourth-order valence-electron chi connectivity index (χ4n) is 3.07. The first-order valence-corrected chi connectivity index (χ1v) is 8.96. The van der Waals surface area contributed by atoms with Gasteiger partial charge in [0.2, 0.25) is 0 Å². The van der Waals surface area contributed by atoms with Crippen molar-refractivity contribution in [2.24, 2.45) is 0 Å². The summed E-state index contributed by atoms with van der Waals surface area (Å²) in [6.45, 7) is 0. The quantitative estimate of drug-likeness (QED) is 0.556. The number of anilines is 1. The van der Waals surface area contributed by atoms with Crippen LogP contribution >= 0.6 is 11.3 Å². The molecule has 0 amide bonds. The van der Waals surface area contributed by atoms with Gasteiger partial charge < -0.3 is 5.73 Å². The van der Waals surface area contributed by atoms with Crippen molar-refractivity contribution >= 4 is 32.3 Å². The van der Waals surface area contributed by atoms with Gasteiger partial charge in [0.05, 0.1) is 27.9 Å². The van der Waals surface area contributed by atoms with Crippen LogP contribution in [0.1, 0.15) is 21.5 Å². The molecule has 2 heterocycles. The monoisotopic (exact) mass is 371 g/mol. The van der Waals surface area contributed by atoms with Crippen LogP contribution in [0.3, 0.4) is 0 Å². The smallest absolute Gasteiger partial charge is 0.256 e. The minimum Gasteiger partial charge on any atom is -0.390 e. The maximum absolute atomic E-state index is 13.1. The Morgan fingerprint density at radius 2 is 1.70 bits per heavy atom. The van der Waals surface area contributed by atoms with Crippen LogP contribution in [0, 0.1) is 11.3 Å². The van der Waals surface area contributed by atoms with Crippen molar-refractivity contribution in [3.05, 3.63) is 93.8 Å². The Balaban J connectivity index is 1.99. The summed E-state index contributed by atoms with van der Waals surface area (Å²) in [6.07, 6.45) is 0. The molecular weight excluding hydrogens is 358 g/mol. The number of nitrogens with two attached hydrogens (primary N) is 1. The average Bonchev–Trinajstić information content (AvgIpc) is 3.03. The van der Waals surface area contributed by atoms with E-state index in [0.717, 1.165) is 0 Å². The number of para-hydroxylation sites is 1. The van der Waals surface area contributed by atoms with E-state index in [0.29, 0.717) is 32.0 Å². The lowest BCUT2D eigenvalue weighted by Crippen LogP contribution is -2.16. The predicted molar refractivity (Wildman–Crippen MR) is 106 cm³/mol. The predicted octanol–water partition coefficient (Wildman–Crippen LogP) is 3.74. The Morgan fingerprint density at radius 1 is 1.00 bits per heavy atom. The summed E-state index contributed by atoms with van der Waals surface area (Å²) in [5.74, 6) is -0.325. The number of pyridine rings is 1. The van der Waals surface area contributed by atoms with Gasteiger partial charge in [-0.1, -0.05) is 41.7 Å². The van der Waals surface area contributed by atoms with Crippen molar-refractivity contribution in [2.45, 2.75) is 0 Å². The normalized spacial score (nSPS) is 10.6. The third-order valence-corrected chi connectivity index (χ3v) is 5.32. The molecule has 0 aliphatic heterocycles. The largest absolute Gasteiger partial charge is 0.390 e. The van der Waals surface area contributed by atoms with E-state index < -0.39 is 0 Å². The van der Waals surface area contributed by atoms with Crippen LogP contribution in [0.4, 0.5) is 5.00 Å². The van der Waals surface area contributed by atoms with Crippen molar-refractivity contribution in [2.75, 3.05) is 5.73 Å². The SMILES string of the molecule is N#Cc1ccccc1C(=O)c1c(N)sc2c1ccc(=O)n2-c1ccccc1. The highest BCUT2D eigenvalue weighted by Gasteiger charge is 2.23. The molecule has 0 atom stereocenters. The Kier molecular flexibility index (Phi) is 4.07. The molecule has 0 saturated carbocycles. The standard InChI is InChI=1S/C21H13N3O2S/c22-12-13-6-4-5-9-15(13)19(26)18-16-10-11-17(25)24(21(16)27-20(18)23)14-7-2-1-3-8-14/h1-11H,23H2. The lowest BCUT2D eigenvalue weighted by atomic mass is 9.98. The number of nitrogens with zero attached hydrogens (tertiary/aromatic N) is 2. The van der Waals surface area contributed by atoms with Crippen molar-refractivity contribution in [1.82, 2.24) is 4.57 Å². The maximum atomic E-state index is 13.1. The summed E-state index contributed by atoms with van der Waals surface area (Å²) < 4.78 is 1.54. The summed E-state index contributed by atoms with van der Waals surface area (Å²) in [4.78, 5) is 26.2. The van der Waals surface area contributed by atoms with Crippen molar-refractivity contribution < 1.29 is 4.79 Å². The molecule has 2 aromatic heterocycles.